The van der Waals surface area contributed by atoms with Gasteiger partial charge in [-0.1, -0.05) is 0 Å². The highest BCUT2D eigenvalue weighted by Gasteiger charge is 2.21. The monoisotopic (exact) mass is 230 g/mol. The number of carbonyl (C=O) groups is 2. The first kappa shape index (κ1) is 12.4. The molecular weight excluding hydrogens is 212 g/mol. The fourth-order valence-electron chi connectivity index (χ4n) is 1.54. The maximum atomic E-state index is 11.5. The van der Waals surface area contributed by atoms with Gasteiger partial charge >= 0.3 is 0 Å². The lowest BCUT2D eigenvalue weighted by Crippen LogP contribution is -2.45. The largest absolute Gasteiger partial charge is 0.354 e. The van der Waals surface area contributed by atoms with Crippen LogP contribution in [-0.2, 0) is 9.59 Å². The highest BCUT2D eigenvalue weighted by molar-refractivity contribution is 7.98. The Hall–Kier alpha value is -0.710. The lowest BCUT2D eigenvalue weighted by molar-refractivity contribution is -0.128. The fourth-order valence-corrected chi connectivity index (χ4v) is 1.93. The summed E-state index contributed by atoms with van der Waals surface area (Å²) in [5.74, 6) is 0.747. The molecule has 0 spiro atoms. The summed E-state index contributed by atoms with van der Waals surface area (Å²) in [5.41, 5.74) is 0. The third kappa shape index (κ3) is 4.55. The molecule has 1 aliphatic rings. The van der Waals surface area contributed by atoms with Crippen LogP contribution in [0.2, 0.25) is 0 Å². The minimum atomic E-state index is -0.318. The van der Waals surface area contributed by atoms with E-state index < -0.39 is 0 Å². The quantitative estimate of drug-likeness (QED) is 0.740. The maximum Gasteiger partial charge on any atom is 0.242 e. The number of carbonyl (C=O) groups excluding carboxylic acids is 2. The van der Waals surface area contributed by atoms with E-state index in [9.17, 15) is 9.59 Å². The third-order valence-electron chi connectivity index (χ3n) is 2.40. The van der Waals surface area contributed by atoms with Crippen molar-refractivity contribution in [1.82, 2.24) is 10.6 Å². The zero-order valence-corrected chi connectivity index (χ0v) is 9.86. The molecule has 0 bridgehead atoms. The van der Waals surface area contributed by atoms with Gasteiger partial charge in [0.25, 0.3) is 0 Å². The standard InChI is InChI=1S/C10H18N2O2S/c1-15-7-5-9(13)12-8-4-2-3-6-11-10(8)14/h8H,2-7H2,1H3,(H,11,14)(H,12,13)/t8-/m1/s1. The smallest absolute Gasteiger partial charge is 0.242 e. The van der Waals surface area contributed by atoms with Gasteiger partial charge in [-0.05, 0) is 25.5 Å². The minimum Gasteiger partial charge on any atom is -0.354 e. The second-order valence-electron chi connectivity index (χ2n) is 3.65. The molecule has 2 N–H and O–H groups in total. The van der Waals surface area contributed by atoms with E-state index in [2.05, 4.69) is 10.6 Å². The molecule has 0 aromatic carbocycles. The number of amides is 2. The fraction of sp³-hybridized carbons (Fsp3) is 0.800. The lowest BCUT2D eigenvalue weighted by atomic mass is 10.1. The van der Waals surface area contributed by atoms with Crippen molar-refractivity contribution >= 4 is 23.6 Å². The molecule has 1 aliphatic heterocycles. The van der Waals surface area contributed by atoms with Crippen molar-refractivity contribution in [2.75, 3.05) is 18.6 Å². The zero-order chi connectivity index (χ0) is 11.1. The van der Waals surface area contributed by atoms with E-state index in [1.807, 2.05) is 6.26 Å². The van der Waals surface area contributed by atoms with Gasteiger partial charge in [0.05, 0.1) is 0 Å². The second kappa shape index (κ2) is 6.71. The number of nitrogens with one attached hydrogen (secondary N) is 2. The lowest BCUT2D eigenvalue weighted by Gasteiger charge is -2.14. The van der Waals surface area contributed by atoms with Crippen LogP contribution in [-0.4, -0.2) is 36.4 Å². The van der Waals surface area contributed by atoms with Crippen LogP contribution >= 0.6 is 11.8 Å². The van der Waals surface area contributed by atoms with Gasteiger partial charge in [-0.25, -0.2) is 0 Å². The Kier molecular flexibility index (Phi) is 5.53. The van der Waals surface area contributed by atoms with Gasteiger partial charge in [-0.2, -0.15) is 11.8 Å². The zero-order valence-electron chi connectivity index (χ0n) is 9.04. The van der Waals surface area contributed by atoms with Gasteiger partial charge < -0.3 is 10.6 Å². The predicted octanol–water partition coefficient (Wildman–Crippen LogP) is 0.524. The molecule has 2 amide bonds. The first-order valence-corrected chi connectivity index (χ1v) is 6.69. The van der Waals surface area contributed by atoms with Crippen molar-refractivity contribution in [3.05, 3.63) is 0 Å². The molecule has 1 heterocycles. The van der Waals surface area contributed by atoms with Gasteiger partial charge in [0.2, 0.25) is 11.8 Å². The summed E-state index contributed by atoms with van der Waals surface area (Å²) in [7, 11) is 0. The summed E-state index contributed by atoms with van der Waals surface area (Å²) in [6.45, 7) is 0.732. The highest BCUT2D eigenvalue weighted by atomic mass is 32.2. The van der Waals surface area contributed by atoms with E-state index in [0.29, 0.717) is 6.42 Å². The van der Waals surface area contributed by atoms with E-state index in [1.54, 1.807) is 11.8 Å². The molecule has 4 nitrogen and oxygen atoms in total. The third-order valence-corrected chi connectivity index (χ3v) is 3.02. The molecule has 0 saturated carbocycles. The molecule has 1 fully saturated rings. The van der Waals surface area contributed by atoms with Gasteiger partial charge in [-0.15, -0.1) is 0 Å². The van der Waals surface area contributed by atoms with Crippen LogP contribution < -0.4 is 10.6 Å². The predicted molar refractivity (Wildman–Crippen MR) is 61.8 cm³/mol. The molecule has 1 atom stereocenters. The first-order valence-electron chi connectivity index (χ1n) is 5.30. The average molecular weight is 230 g/mol. The SMILES string of the molecule is CSCCC(=O)N[C@@H]1CCCCNC1=O. The Bertz CT molecular complexity index is 233. The van der Waals surface area contributed by atoms with Crippen LogP contribution in [0.25, 0.3) is 0 Å². The maximum absolute atomic E-state index is 11.5. The van der Waals surface area contributed by atoms with Crippen LogP contribution in [0.3, 0.4) is 0 Å². The first-order chi connectivity index (χ1) is 7.24. The number of hydrogen-bond donors (Lipinski definition) is 2. The van der Waals surface area contributed by atoms with Crippen molar-refractivity contribution in [2.24, 2.45) is 0 Å². The normalized spacial score (nSPS) is 21.7. The van der Waals surface area contributed by atoms with E-state index in [-0.39, 0.29) is 17.9 Å². The Morgan fingerprint density at radius 3 is 3.13 bits per heavy atom. The van der Waals surface area contributed by atoms with Crippen molar-refractivity contribution in [3.8, 4) is 0 Å². The molecule has 1 saturated heterocycles. The van der Waals surface area contributed by atoms with Crippen LogP contribution in [0.15, 0.2) is 0 Å². The molecule has 0 aromatic rings. The summed E-state index contributed by atoms with van der Waals surface area (Å²) in [4.78, 5) is 22.9. The van der Waals surface area contributed by atoms with E-state index >= 15 is 0 Å². The molecule has 1 rings (SSSR count). The van der Waals surface area contributed by atoms with E-state index in [4.69, 9.17) is 0 Å². The molecule has 0 aliphatic carbocycles. The molecule has 0 aromatic heterocycles. The molecule has 0 unspecified atom stereocenters. The minimum absolute atomic E-state index is 0.0219. The Morgan fingerprint density at radius 2 is 2.40 bits per heavy atom. The molecule has 15 heavy (non-hydrogen) atoms. The van der Waals surface area contributed by atoms with E-state index in [0.717, 1.165) is 31.6 Å². The highest BCUT2D eigenvalue weighted by Crippen LogP contribution is 2.06. The summed E-state index contributed by atoms with van der Waals surface area (Å²) in [6.07, 6.45) is 5.21. The van der Waals surface area contributed by atoms with Crippen LogP contribution in [0.4, 0.5) is 0 Å². The van der Waals surface area contributed by atoms with E-state index in [1.165, 1.54) is 0 Å². The topological polar surface area (TPSA) is 58.2 Å². The Labute approximate surface area is 94.6 Å². The van der Waals surface area contributed by atoms with Gasteiger partial charge in [0.1, 0.15) is 6.04 Å². The van der Waals surface area contributed by atoms with Crippen molar-refractivity contribution in [3.63, 3.8) is 0 Å². The average Bonchev–Trinajstić information content (AvgIpc) is 2.42. The Morgan fingerprint density at radius 1 is 1.60 bits per heavy atom. The summed E-state index contributed by atoms with van der Waals surface area (Å²) >= 11 is 1.64. The number of thioether (sulfide) groups is 1. The van der Waals surface area contributed by atoms with Crippen LogP contribution in [0.1, 0.15) is 25.7 Å². The summed E-state index contributed by atoms with van der Waals surface area (Å²) < 4.78 is 0. The van der Waals surface area contributed by atoms with Crippen LogP contribution in [0.5, 0.6) is 0 Å². The summed E-state index contributed by atoms with van der Waals surface area (Å²) in [5, 5.41) is 5.58. The number of hydrogen-bond acceptors (Lipinski definition) is 3. The molecule has 86 valence electrons. The Balaban J connectivity index is 2.34. The van der Waals surface area contributed by atoms with Gasteiger partial charge in [0, 0.05) is 18.7 Å². The van der Waals surface area contributed by atoms with Crippen molar-refractivity contribution < 1.29 is 9.59 Å². The van der Waals surface area contributed by atoms with Crippen molar-refractivity contribution in [1.29, 1.82) is 0 Å². The van der Waals surface area contributed by atoms with Gasteiger partial charge in [-0.3, -0.25) is 9.59 Å². The second-order valence-corrected chi connectivity index (χ2v) is 4.64. The molecule has 5 heteroatoms. The van der Waals surface area contributed by atoms with Crippen LogP contribution in [0, 0.1) is 0 Å². The molecular formula is C10H18N2O2S. The number of rotatable bonds is 4. The summed E-state index contributed by atoms with van der Waals surface area (Å²) in [6, 6.07) is -0.318. The van der Waals surface area contributed by atoms with Gasteiger partial charge in [0.15, 0.2) is 0 Å². The van der Waals surface area contributed by atoms with Crippen molar-refractivity contribution in [2.45, 2.75) is 31.7 Å². The molecule has 0 radical (unpaired) electrons.